The summed E-state index contributed by atoms with van der Waals surface area (Å²) in [5.74, 6) is -0.0546. The standard InChI is InChI=1S/C20H19N5O2/c1-24(2)20(27)13-7-9-15(10-8-13)25-12-18(22-23-25)16-11-14-5-3-4-6-17(14)21-19(16)26/h3-12,19,21,26H,1-2H3. The maximum atomic E-state index is 12.0. The molecule has 1 unspecified atom stereocenters. The van der Waals surface area contributed by atoms with Crippen LogP contribution in [0.5, 0.6) is 0 Å². The van der Waals surface area contributed by atoms with E-state index in [-0.39, 0.29) is 5.91 Å². The molecule has 2 aromatic carbocycles. The number of carbonyl (C=O) groups is 1. The van der Waals surface area contributed by atoms with Crippen LogP contribution in [0.2, 0.25) is 0 Å². The Morgan fingerprint density at radius 3 is 2.63 bits per heavy atom. The number of fused-ring (bicyclic) bond motifs is 1. The highest BCUT2D eigenvalue weighted by Crippen LogP contribution is 2.30. The Morgan fingerprint density at radius 2 is 1.89 bits per heavy atom. The molecule has 0 spiro atoms. The van der Waals surface area contributed by atoms with Crippen molar-refractivity contribution in [3.05, 3.63) is 71.5 Å². The average molecular weight is 361 g/mol. The van der Waals surface area contributed by atoms with E-state index in [0.29, 0.717) is 16.8 Å². The van der Waals surface area contributed by atoms with Gasteiger partial charge in [-0.05, 0) is 42.0 Å². The Balaban J connectivity index is 1.62. The Morgan fingerprint density at radius 1 is 1.15 bits per heavy atom. The highest BCUT2D eigenvalue weighted by Gasteiger charge is 2.22. The Labute approximate surface area is 156 Å². The second-order valence-electron chi connectivity index (χ2n) is 6.53. The van der Waals surface area contributed by atoms with Gasteiger partial charge in [-0.3, -0.25) is 4.79 Å². The zero-order chi connectivity index (χ0) is 19.0. The molecule has 2 heterocycles. The third-order valence-corrected chi connectivity index (χ3v) is 4.43. The third kappa shape index (κ3) is 3.20. The minimum Gasteiger partial charge on any atom is -0.369 e. The van der Waals surface area contributed by atoms with Crippen LogP contribution in [0.25, 0.3) is 17.3 Å². The number of aromatic nitrogens is 3. The SMILES string of the molecule is CN(C)C(=O)c1ccc(-n2cc(C3=Cc4ccccc4NC3O)nn2)cc1. The van der Waals surface area contributed by atoms with E-state index in [1.807, 2.05) is 42.5 Å². The van der Waals surface area contributed by atoms with Crippen LogP contribution in [0.15, 0.2) is 54.7 Å². The second-order valence-corrected chi connectivity index (χ2v) is 6.53. The molecule has 0 saturated carbocycles. The molecule has 136 valence electrons. The molecule has 4 rings (SSSR count). The normalized spacial score (nSPS) is 15.5. The lowest BCUT2D eigenvalue weighted by molar-refractivity contribution is 0.0827. The topological polar surface area (TPSA) is 83.3 Å². The minimum atomic E-state index is -0.856. The van der Waals surface area contributed by atoms with Gasteiger partial charge in [0.25, 0.3) is 5.91 Å². The predicted octanol–water partition coefficient (Wildman–Crippen LogP) is 2.25. The van der Waals surface area contributed by atoms with Gasteiger partial charge in [-0.25, -0.2) is 4.68 Å². The van der Waals surface area contributed by atoms with Crippen molar-refractivity contribution < 1.29 is 9.90 Å². The number of aliphatic hydroxyl groups is 1. The fourth-order valence-corrected chi connectivity index (χ4v) is 2.98. The third-order valence-electron chi connectivity index (χ3n) is 4.43. The summed E-state index contributed by atoms with van der Waals surface area (Å²) in [6.07, 6.45) is 2.81. The van der Waals surface area contributed by atoms with Crippen LogP contribution in [-0.4, -0.2) is 51.2 Å². The highest BCUT2D eigenvalue weighted by atomic mass is 16.3. The number of hydrogen-bond acceptors (Lipinski definition) is 5. The summed E-state index contributed by atoms with van der Waals surface area (Å²) < 4.78 is 1.62. The van der Waals surface area contributed by atoms with Gasteiger partial charge < -0.3 is 15.3 Å². The molecule has 1 amide bonds. The number of aliphatic hydroxyl groups excluding tert-OH is 1. The van der Waals surface area contributed by atoms with E-state index in [9.17, 15) is 9.90 Å². The molecule has 0 radical (unpaired) electrons. The lowest BCUT2D eigenvalue weighted by Crippen LogP contribution is -2.24. The summed E-state index contributed by atoms with van der Waals surface area (Å²) in [4.78, 5) is 13.5. The van der Waals surface area contributed by atoms with Gasteiger partial charge in [-0.2, -0.15) is 0 Å². The van der Waals surface area contributed by atoms with Gasteiger partial charge in [0.15, 0.2) is 6.23 Å². The lowest BCUT2D eigenvalue weighted by Gasteiger charge is -2.22. The fraction of sp³-hybridized carbons (Fsp3) is 0.150. The summed E-state index contributed by atoms with van der Waals surface area (Å²) >= 11 is 0. The molecule has 0 aliphatic carbocycles. The first-order chi connectivity index (χ1) is 13.0. The summed E-state index contributed by atoms with van der Waals surface area (Å²) in [5.41, 5.74) is 4.48. The highest BCUT2D eigenvalue weighted by molar-refractivity contribution is 5.94. The van der Waals surface area contributed by atoms with E-state index in [2.05, 4.69) is 15.6 Å². The monoisotopic (exact) mass is 361 g/mol. The molecule has 2 N–H and O–H groups in total. The minimum absolute atomic E-state index is 0.0546. The average Bonchev–Trinajstić information content (AvgIpc) is 3.17. The summed E-state index contributed by atoms with van der Waals surface area (Å²) in [6.45, 7) is 0. The second kappa shape index (κ2) is 6.69. The number of benzene rings is 2. The molecule has 1 aliphatic heterocycles. The molecule has 0 fully saturated rings. The number of hydrogen-bond donors (Lipinski definition) is 2. The van der Waals surface area contributed by atoms with Crippen molar-refractivity contribution in [2.75, 3.05) is 19.4 Å². The van der Waals surface area contributed by atoms with Crippen LogP contribution in [0.3, 0.4) is 0 Å². The number of nitrogens with one attached hydrogen (secondary N) is 1. The Kier molecular flexibility index (Phi) is 4.21. The van der Waals surface area contributed by atoms with Gasteiger partial charge in [0.2, 0.25) is 0 Å². The fourth-order valence-electron chi connectivity index (χ4n) is 2.98. The predicted molar refractivity (Wildman–Crippen MR) is 103 cm³/mol. The van der Waals surface area contributed by atoms with Crippen molar-refractivity contribution in [1.29, 1.82) is 0 Å². The number of para-hydroxylation sites is 1. The van der Waals surface area contributed by atoms with Crippen LogP contribution < -0.4 is 5.32 Å². The number of amides is 1. The molecule has 1 atom stereocenters. The van der Waals surface area contributed by atoms with Crippen LogP contribution >= 0.6 is 0 Å². The number of anilines is 1. The number of rotatable bonds is 3. The van der Waals surface area contributed by atoms with Crippen LogP contribution in [0, 0.1) is 0 Å². The molecular weight excluding hydrogens is 342 g/mol. The van der Waals surface area contributed by atoms with E-state index >= 15 is 0 Å². The van der Waals surface area contributed by atoms with Crippen molar-refractivity contribution in [3.8, 4) is 5.69 Å². The van der Waals surface area contributed by atoms with Crippen molar-refractivity contribution in [3.63, 3.8) is 0 Å². The van der Waals surface area contributed by atoms with E-state index in [4.69, 9.17) is 0 Å². The molecule has 0 saturated heterocycles. The van der Waals surface area contributed by atoms with Crippen molar-refractivity contribution in [2.45, 2.75) is 6.23 Å². The first-order valence-corrected chi connectivity index (χ1v) is 8.53. The number of carbonyl (C=O) groups excluding carboxylic acids is 1. The van der Waals surface area contributed by atoms with E-state index in [1.165, 1.54) is 4.90 Å². The molecular formula is C20H19N5O2. The zero-order valence-corrected chi connectivity index (χ0v) is 15.0. The molecule has 3 aromatic rings. The van der Waals surface area contributed by atoms with Gasteiger partial charge in [0.1, 0.15) is 5.69 Å². The maximum Gasteiger partial charge on any atom is 0.253 e. The van der Waals surface area contributed by atoms with Crippen molar-refractivity contribution in [2.24, 2.45) is 0 Å². The zero-order valence-electron chi connectivity index (χ0n) is 15.0. The molecule has 27 heavy (non-hydrogen) atoms. The van der Waals surface area contributed by atoms with E-state index < -0.39 is 6.23 Å². The molecule has 7 heteroatoms. The van der Waals surface area contributed by atoms with E-state index in [1.54, 1.807) is 37.1 Å². The van der Waals surface area contributed by atoms with Crippen molar-refractivity contribution >= 4 is 23.2 Å². The van der Waals surface area contributed by atoms with Gasteiger partial charge in [-0.15, -0.1) is 5.10 Å². The molecule has 1 aromatic heterocycles. The van der Waals surface area contributed by atoms with E-state index in [0.717, 1.165) is 16.9 Å². The van der Waals surface area contributed by atoms with Crippen LogP contribution in [0.4, 0.5) is 5.69 Å². The van der Waals surface area contributed by atoms with Gasteiger partial charge in [-0.1, -0.05) is 23.4 Å². The van der Waals surface area contributed by atoms with Gasteiger partial charge in [0, 0.05) is 30.9 Å². The van der Waals surface area contributed by atoms with Gasteiger partial charge >= 0.3 is 0 Å². The maximum absolute atomic E-state index is 12.0. The van der Waals surface area contributed by atoms with Gasteiger partial charge in [0.05, 0.1) is 11.9 Å². The smallest absolute Gasteiger partial charge is 0.253 e. The van der Waals surface area contributed by atoms with Crippen molar-refractivity contribution in [1.82, 2.24) is 19.9 Å². The number of nitrogens with zero attached hydrogens (tertiary/aromatic N) is 4. The molecule has 1 aliphatic rings. The lowest BCUT2D eigenvalue weighted by atomic mass is 10.0. The summed E-state index contributed by atoms with van der Waals surface area (Å²) in [6, 6.07) is 14.9. The largest absolute Gasteiger partial charge is 0.369 e. The Hall–Kier alpha value is -3.45. The Bertz CT molecular complexity index is 1020. The van der Waals surface area contributed by atoms with Crippen LogP contribution in [0.1, 0.15) is 21.6 Å². The quantitative estimate of drug-likeness (QED) is 0.748. The summed E-state index contributed by atoms with van der Waals surface area (Å²) in [5, 5.41) is 21.8. The first-order valence-electron chi connectivity index (χ1n) is 8.53. The van der Waals surface area contributed by atoms with Crippen LogP contribution in [-0.2, 0) is 0 Å². The molecule has 0 bridgehead atoms. The summed E-state index contributed by atoms with van der Waals surface area (Å²) in [7, 11) is 3.44. The molecule has 7 nitrogen and oxygen atoms in total. The first kappa shape index (κ1) is 17.0.